The van der Waals surface area contributed by atoms with Crippen molar-refractivity contribution in [2.75, 3.05) is 30.5 Å². The molecule has 0 aliphatic heterocycles. The summed E-state index contributed by atoms with van der Waals surface area (Å²) < 4.78 is 45.7. The third kappa shape index (κ3) is 7.57. The highest BCUT2D eigenvalue weighted by Gasteiger charge is 2.33. The van der Waals surface area contributed by atoms with Crippen molar-refractivity contribution in [1.82, 2.24) is 9.97 Å². The van der Waals surface area contributed by atoms with E-state index >= 15 is 0 Å². The number of nitrogens with zero attached hydrogens (tertiary/aromatic N) is 2. The van der Waals surface area contributed by atoms with E-state index in [1.54, 1.807) is 18.2 Å². The van der Waals surface area contributed by atoms with Gasteiger partial charge in [-0.1, -0.05) is 89.2 Å². The fourth-order valence-corrected chi connectivity index (χ4v) is 8.15. The zero-order chi connectivity index (χ0) is 39.3. The topological polar surface area (TPSA) is 129 Å². The lowest BCUT2D eigenvalue weighted by Crippen LogP contribution is -2.24. The maximum Gasteiger partial charge on any atom is 0.229 e. The van der Waals surface area contributed by atoms with Crippen LogP contribution in [-0.2, 0) is 15.4 Å². The van der Waals surface area contributed by atoms with Crippen molar-refractivity contribution < 1.29 is 27.4 Å². The molecular formula is C44H44N4O6S. The minimum Gasteiger partial charge on any atom is -0.493 e. The predicted molar refractivity (Wildman–Crippen MR) is 219 cm³/mol. The molecular weight excluding hydrogens is 713 g/mol. The minimum atomic E-state index is -3.75. The van der Waals surface area contributed by atoms with Gasteiger partial charge in [0.05, 0.1) is 43.1 Å². The lowest BCUT2D eigenvalue weighted by atomic mass is 9.72. The average Bonchev–Trinajstić information content (AvgIpc) is 3.13. The van der Waals surface area contributed by atoms with Crippen molar-refractivity contribution in [3.05, 3.63) is 114 Å². The summed E-state index contributed by atoms with van der Waals surface area (Å²) in [4.78, 5) is 24.6. The van der Waals surface area contributed by atoms with Crippen molar-refractivity contribution >= 4 is 43.8 Å². The van der Waals surface area contributed by atoms with Gasteiger partial charge in [0.1, 0.15) is 11.3 Å². The normalized spacial score (nSPS) is 12.6. The third-order valence-corrected chi connectivity index (χ3v) is 10.1. The molecule has 7 rings (SSSR count). The van der Waals surface area contributed by atoms with Crippen LogP contribution in [0.1, 0.15) is 62.5 Å². The summed E-state index contributed by atoms with van der Waals surface area (Å²) in [5, 5.41) is 3.96. The van der Waals surface area contributed by atoms with E-state index in [0.717, 1.165) is 18.4 Å². The highest BCUT2D eigenvalue weighted by molar-refractivity contribution is 7.92. The Bertz CT molecular complexity index is 2560. The molecule has 1 aromatic heterocycles. The first-order valence-corrected chi connectivity index (χ1v) is 19.8. The Morgan fingerprint density at radius 1 is 0.709 bits per heavy atom. The smallest absolute Gasteiger partial charge is 0.229 e. The van der Waals surface area contributed by atoms with Crippen LogP contribution in [0.5, 0.6) is 23.0 Å². The second-order valence-electron chi connectivity index (χ2n) is 15.7. The molecule has 0 spiro atoms. The number of para-hydroxylation sites is 1. The second-order valence-corrected chi connectivity index (χ2v) is 17.4. The summed E-state index contributed by atoms with van der Waals surface area (Å²) >= 11 is 0. The van der Waals surface area contributed by atoms with Gasteiger partial charge in [-0.3, -0.25) is 9.52 Å². The summed E-state index contributed by atoms with van der Waals surface area (Å²) in [5.41, 5.74) is 5.42. The highest BCUT2D eigenvalue weighted by atomic mass is 32.2. The number of aromatic nitrogens is 2. The Kier molecular flexibility index (Phi) is 9.54. The fourth-order valence-electron chi connectivity index (χ4n) is 7.59. The molecule has 282 valence electrons. The number of carbonyl (C=O) groups is 1. The van der Waals surface area contributed by atoms with Gasteiger partial charge in [-0.05, 0) is 53.1 Å². The van der Waals surface area contributed by atoms with Crippen LogP contribution >= 0.6 is 0 Å². The van der Waals surface area contributed by atoms with Gasteiger partial charge < -0.3 is 19.5 Å². The van der Waals surface area contributed by atoms with E-state index in [1.165, 1.54) is 25.8 Å². The van der Waals surface area contributed by atoms with Crippen molar-refractivity contribution in [3.63, 3.8) is 0 Å². The zero-order valence-electron chi connectivity index (χ0n) is 32.2. The predicted octanol–water partition coefficient (Wildman–Crippen LogP) is 10.1. The van der Waals surface area contributed by atoms with Crippen LogP contribution in [0, 0.1) is 5.41 Å². The molecule has 1 heterocycles. The van der Waals surface area contributed by atoms with Crippen LogP contribution in [0.4, 0.5) is 17.1 Å². The number of sulfonamides is 1. The Morgan fingerprint density at radius 2 is 1.33 bits per heavy atom. The molecule has 2 N–H and O–H groups in total. The number of ether oxygens (including phenoxy) is 3. The number of hydrogen-bond donors (Lipinski definition) is 2. The van der Waals surface area contributed by atoms with Crippen molar-refractivity contribution in [1.29, 1.82) is 0 Å². The molecule has 0 atom stereocenters. The van der Waals surface area contributed by atoms with Crippen molar-refractivity contribution in [3.8, 4) is 45.6 Å². The second kappa shape index (κ2) is 14.0. The first-order chi connectivity index (χ1) is 26.0. The van der Waals surface area contributed by atoms with Crippen LogP contribution in [0.3, 0.4) is 0 Å². The molecule has 5 aromatic carbocycles. The molecule has 0 amide bonds. The summed E-state index contributed by atoms with van der Waals surface area (Å²) in [7, 11) is -0.788. The van der Waals surface area contributed by atoms with E-state index in [9.17, 15) is 13.2 Å². The van der Waals surface area contributed by atoms with Gasteiger partial charge in [-0.2, -0.15) is 0 Å². The number of anilines is 3. The zero-order valence-corrected chi connectivity index (χ0v) is 33.0. The molecule has 0 unspecified atom stereocenters. The molecule has 55 heavy (non-hydrogen) atoms. The third-order valence-electron chi connectivity index (χ3n) is 9.54. The Balaban J connectivity index is 1.50. The largest absolute Gasteiger partial charge is 0.493 e. The number of nitrogens with one attached hydrogen (secondary N) is 2. The van der Waals surface area contributed by atoms with E-state index in [2.05, 4.69) is 56.8 Å². The minimum absolute atomic E-state index is 0.0726. The standard InChI is InChI=1S/C44H44N4O6S/c1-43(2,3)25-44(4,5)26-18-20-28(21-19-26)54-36-24-33(45-27-14-10-9-11-15-27)37-38-39(29-16-12-13-17-30(29)41(37)49)46-42(47-40(36)38)31-22-34(52-6)35(53-7)23-32(31)48-55(8,50)51/h9-24,45,48H,25H2,1-8H3. The maximum atomic E-state index is 14.5. The molecule has 11 heteroatoms. The van der Waals surface area contributed by atoms with E-state index in [0.29, 0.717) is 67.5 Å². The average molecular weight is 757 g/mol. The number of ketones is 1. The van der Waals surface area contributed by atoms with Gasteiger partial charge in [0, 0.05) is 39.9 Å². The summed E-state index contributed by atoms with van der Waals surface area (Å²) in [6.45, 7) is 11.2. The number of fused-ring (bicyclic) bond motifs is 2. The van der Waals surface area contributed by atoms with Crippen LogP contribution in [-0.4, -0.2) is 44.6 Å². The van der Waals surface area contributed by atoms with Crippen LogP contribution in [0.2, 0.25) is 0 Å². The quantitative estimate of drug-likeness (QED) is 0.133. The number of methoxy groups -OCH3 is 2. The summed E-state index contributed by atoms with van der Waals surface area (Å²) in [6.07, 6.45) is 2.06. The van der Waals surface area contributed by atoms with Gasteiger partial charge in [0.25, 0.3) is 0 Å². The molecule has 6 aromatic rings. The number of hydrogen-bond acceptors (Lipinski definition) is 9. The Labute approximate surface area is 322 Å². The van der Waals surface area contributed by atoms with E-state index in [1.807, 2.05) is 60.7 Å². The Morgan fingerprint density at radius 3 is 1.96 bits per heavy atom. The molecule has 0 bridgehead atoms. The van der Waals surface area contributed by atoms with Gasteiger partial charge in [0.15, 0.2) is 28.9 Å². The van der Waals surface area contributed by atoms with E-state index in [4.69, 9.17) is 24.2 Å². The van der Waals surface area contributed by atoms with Gasteiger partial charge in [-0.15, -0.1) is 0 Å². The number of benzene rings is 5. The lowest BCUT2D eigenvalue weighted by Gasteiger charge is -2.33. The van der Waals surface area contributed by atoms with Crippen molar-refractivity contribution in [2.45, 2.75) is 46.5 Å². The first-order valence-electron chi connectivity index (χ1n) is 17.9. The monoisotopic (exact) mass is 756 g/mol. The molecule has 0 radical (unpaired) electrons. The molecule has 10 nitrogen and oxygen atoms in total. The number of carbonyl (C=O) groups excluding carboxylic acids is 1. The van der Waals surface area contributed by atoms with Crippen molar-refractivity contribution in [2.24, 2.45) is 5.41 Å². The lowest BCUT2D eigenvalue weighted by molar-refractivity contribution is 0.104. The Hall–Kier alpha value is -5.94. The first kappa shape index (κ1) is 37.4. The fraction of sp³-hybridized carbons (Fsp3) is 0.250. The molecule has 1 aliphatic rings. The maximum absolute atomic E-state index is 14.5. The van der Waals surface area contributed by atoms with Crippen LogP contribution in [0.25, 0.3) is 33.5 Å². The molecule has 0 saturated carbocycles. The SMILES string of the molecule is COc1cc(NS(C)(=O)=O)c(-c2nc3c4c(c(Nc5ccccc5)cc(Oc5ccc(C(C)(C)CC(C)(C)C)cc5)c4n2)C(=O)c2ccccc2-3)cc1OC. The van der Waals surface area contributed by atoms with Gasteiger partial charge in [-0.25, -0.2) is 18.4 Å². The van der Waals surface area contributed by atoms with Gasteiger partial charge >= 0.3 is 0 Å². The van der Waals surface area contributed by atoms with Gasteiger partial charge in [0.2, 0.25) is 10.0 Å². The number of rotatable bonds is 11. The van der Waals surface area contributed by atoms with E-state index in [-0.39, 0.29) is 28.1 Å². The van der Waals surface area contributed by atoms with E-state index < -0.39 is 10.0 Å². The highest BCUT2D eigenvalue weighted by Crippen LogP contribution is 2.48. The van der Waals surface area contributed by atoms with Crippen LogP contribution in [0.15, 0.2) is 97.1 Å². The summed E-state index contributed by atoms with van der Waals surface area (Å²) in [6, 6.07) is 29.9. The molecule has 0 saturated heterocycles. The molecule has 0 fully saturated rings. The summed E-state index contributed by atoms with van der Waals surface area (Å²) in [5.74, 6) is 1.59. The molecule has 1 aliphatic carbocycles. The van der Waals surface area contributed by atoms with Crippen LogP contribution < -0.4 is 24.2 Å².